The Morgan fingerprint density at radius 3 is 2.20 bits per heavy atom. The zero-order valence-electron chi connectivity index (χ0n) is 32.1. The monoisotopic (exact) mass is 693 g/mol. The van der Waals surface area contributed by atoms with Crippen molar-refractivity contribution in [2.24, 2.45) is 45.3 Å². The number of hydrogen-bond acceptors (Lipinski definition) is 7. The molecule has 50 heavy (non-hydrogen) atoms. The van der Waals surface area contributed by atoms with E-state index in [1.54, 1.807) is 6.92 Å². The maximum absolute atomic E-state index is 13.1. The molecule has 0 bridgehead atoms. The van der Waals surface area contributed by atoms with Crippen LogP contribution in [0, 0.1) is 45.3 Å². The zero-order valence-corrected chi connectivity index (χ0v) is 32.1. The summed E-state index contributed by atoms with van der Waals surface area (Å²) in [5.41, 5.74) is -0.619. The van der Waals surface area contributed by atoms with Gasteiger partial charge in [0, 0.05) is 24.8 Å². The molecular weight excluding hydrogens is 630 g/mol. The van der Waals surface area contributed by atoms with Gasteiger partial charge in [0.2, 0.25) is 5.91 Å². The summed E-state index contributed by atoms with van der Waals surface area (Å²) in [5, 5.41) is 13.7. The number of benzene rings is 1. The number of rotatable bonds is 8. The summed E-state index contributed by atoms with van der Waals surface area (Å²) in [6, 6.07) is 9.67. The first-order valence-electron chi connectivity index (χ1n) is 19.3. The van der Waals surface area contributed by atoms with Crippen LogP contribution in [0.5, 0.6) is 0 Å². The van der Waals surface area contributed by atoms with E-state index in [-0.39, 0.29) is 75.7 Å². The Kier molecular flexibility index (Phi) is 9.62. The van der Waals surface area contributed by atoms with E-state index in [4.69, 9.17) is 14.2 Å². The lowest BCUT2D eigenvalue weighted by atomic mass is 9.35. The van der Waals surface area contributed by atoms with Crippen molar-refractivity contribution in [1.82, 2.24) is 5.32 Å². The van der Waals surface area contributed by atoms with Gasteiger partial charge in [-0.05, 0) is 118 Å². The quantitative estimate of drug-likeness (QED) is 0.214. The van der Waals surface area contributed by atoms with Crippen LogP contribution in [0.1, 0.15) is 132 Å². The summed E-state index contributed by atoms with van der Waals surface area (Å²) >= 11 is 0. The molecule has 1 aliphatic heterocycles. The first-order chi connectivity index (χ1) is 23.2. The van der Waals surface area contributed by atoms with E-state index in [0.717, 1.165) is 63.4 Å². The van der Waals surface area contributed by atoms with E-state index in [9.17, 15) is 19.5 Å². The standard InChI is InChI=1S/C42H63NO7/c1-26(44)48-29-23-31-39(6)19-17-32(49-35(46)24-34(45)43-25-27-13-11-10-12-14-27)37(2,3)30(39)16-21-40(31,7)41(8)20-15-28(36(29)41)42(9)22-18-33(50-42)38(4,5)47/h10-14,28-33,36,47H,15-25H2,1-9H3,(H,43,45)/t28-,29+,30-,31+,32+,33+,36-,39-,40+,41+,42-/m0/s1. The molecule has 0 aromatic heterocycles. The third kappa shape index (κ3) is 6.22. The van der Waals surface area contributed by atoms with Crippen LogP contribution in [0.15, 0.2) is 30.3 Å². The first-order valence-corrected chi connectivity index (χ1v) is 19.3. The molecule has 1 heterocycles. The number of nitrogens with one attached hydrogen (secondary N) is 1. The lowest BCUT2D eigenvalue weighted by Crippen LogP contribution is -2.67. The zero-order chi connectivity index (χ0) is 36.5. The summed E-state index contributed by atoms with van der Waals surface area (Å²) in [7, 11) is 0. The average Bonchev–Trinajstić information content (AvgIpc) is 3.62. The highest BCUT2D eigenvalue weighted by atomic mass is 16.6. The van der Waals surface area contributed by atoms with E-state index in [1.807, 2.05) is 44.2 Å². The predicted molar refractivity (Wildman–Crippen MR) is 192 cm³/mol. The Bertz CT molecular complexity index is 1450. The van der Waals surface area contributed by atoms with Gasteiger partial charge in [-0.15, -0.1) is 0 Å². The van der Waals surface area contributed by atoms with Crippen molar-refractivity contribution in [1.29, 1.82) is 0 Å². The number of esters is 2. The highest BCUT2D eigenvalue weighted by Gasteiger charge is 2.72. The minimum absolute atomic E-state index is 0.0311. The lowest BCUT2D eigenvalue weighted by molar-refractivity contribution is -0.254. The van der Waals surface area contributed by atoms with Gasteiger partial charge in [0.25, 0.3) is 0 Å². The smallest absolute Gasteiger partial charge is 0.315 e. The molecule has 2 N–H and O–H groups in total. The average molecular weight is 694 g/mol. The van der Waals surface area contributed by atoms with Gasteiger partial charge in [-0.25, -0.2) is 0 Å². The molecule has 1 aromatic carbocycles. The topological polar surface area (TPSA) is 111 Å². The summed E-state index contributed by atoms with van der Waals surface area (Å²) in [6.45, 7) is 19.8. The largest absolute Gasteiger partial charge is 0.462 e. The van der Waals surface area contributed by atoms with Crippen LogP contribution in [0.4, 0.5) is 0 Å². The van der Waals surface area contributed by atoms with Gasteiger partial charge in [0.05, 0.1) is 17.3 Å². The first kappa shape index (κ1) is 37.3. The van der Waals surface area contributed by atoms with Gasteiger partial charge in [-0.1, -0.05) is 65.0 Å². The summed E-state index contributed by atoms with van der Waals surface area (Å²) in [5.74, 6) is 0.0478. The van der Waals surface area contributed by atoms with Crippen LogP contribution in [-0.4, -0.2) is 52.5 Å². The Morgan fingerprint density at radius 2 is 1.56 bits per heavy atom. The second-order valence-corrected chi connectivity index (χ2v) is 18.9. The number of carbonyl (C=O) groups is 3. The molecule has 4 saturated carbocycles. The van der Waals surface area contributed by atoms with Gasteiger partial charge in [0.1, 0.15) is 18.6 Å². The number of aliphatic hydroxyl groups is 1. The number of hydrogen-bond donors (Lipinski definition) is 2. The van der Waals surface area contributed by atoms with E-state index < -0.39 is 11.6 Å². The van der Waals surface area contributed by atoms with Crippen molar-refractivity contribution in [3.8, 4) is 0 Å². The van der Waals surface area contributed by atoms with E-state index in [1.165, 1.54) is 0 Å². The molecule has 1 aromatic rings. The molecule has 0 spiro atoms. The molecule has 6 rings (SSSR count). The molecule has 0 unspecified atom stereocenters. The lowest BCUT2D eigenvalue weighted by Gasteiger charge is -2.70. The Morgan fingerprint density at radius 1 is 0.880 bits per heavy atom. The third-order valence-electron chi connectivity index (χ3n) is 15.4. The van der Waals surface area contributed by atoms with Crippen LogP contribution in [-0.2, 0) is 35.1 Å². The Labute approximate surface area is 300 Å². The SMILES string of the molecule is CC(=O)O[C@@H]1C[C@@H]2[C@@]3(C)CC[C@@H](OC(=O)CC(=O)NCc4ccccc4)C(C)(C)[C@@H]3CC[C@@]2(C)[C@]2(C)CC[C@H]([C@]3(C)CC[C@H](C(C)(C)O)O3)[C@@H]12. The van der Waals surface area contributed by atoms with Crippen LogP contribution >= 0.6 is 0 Å². The van der Waals surface area contributed by atoms with Gasteiger partial charge in [-0.2, -0.15) is 0 Å². The highest BCUT2D eigenvalue weighted by molar-refractivity contribution is 5.94. The van der Waals surface area contributed by atoms with Crippen molar-refractivity contribution < 1.29 is 33.7 Å². The van der Waals surface area contributed by atoms with Crippen molar-refractivity contribution in [2.75, 3.05) is 0 Å². The number of ether oxygens (including phenoxy) is 3. The molecule has 11 atom stereocenters. The molecule has 8 heteroatoms. The van der Waals surface area contributed by atoms with Crippen LogP contribution in [0.25, 0.3) is 0 Å². The molecule has 1 amide bonds. The molecule has 1 saturated heterocycles. The number of carbonyl (C=O) groups excluding carboxylic acids is 3. The second-order valence-electron chi connectivity index (χ2n) is 18.9. The van der Waals surface area contributed by atoms with E-state index >= 15 is 0 Å². The normalized spacial score (nSPS) is 42.1. The molecular formula is C42H63NO7. The molecule has 5 aliphatic rings. The summed E-state index contributed by atoms with van der Waals surface area (Å²) in [6.07, 6.45) is 7.47. The molecule has 278 valence electrons. The fourth-order valence-electron chi connectivity index (χ4n) is 12.8. The molecule has 5 fully saturated rings. The molecule has 8 nitrogen and oxygen atoms in total. The third-order valence-corrected chi connectivity index (χ3v) is 15.4. The van der Waals surface area contributed by atoms with Crippen molar-refractivity contribution in [3.05, 3.63) is 35.9 Å². The van der Waals surface area contributed by atoms with Crippen LogP contribution in [0.3, 0.4) is 0 Å². The number of amides is 1. The fourth-order valence-corrected chi connectivity index (χ4v) is 12.8. The Hall–Kier alpha value is -2.45. The highest BCUT2D eigenvalue weighted by Crippen LogP contribution is 2.76. The number of fused-ring (bicyclic) bond motifs is 5. The van der Waals surface area contributed by atoms with E-state index in [2.05, 4.69) is 46.9 Å². The van der Waals surface area contributed by atoms with Crippen molar-refractivity contribution >= 4 is 17.8 Å². The minimum Gasteiger partial charge on any atom is -0.462 e. The van der Waals surface area contributed by atoms with Crippen molar-refractivity contribution in [2.45, 2.75) is 163 Å². The second kappa shape index (κ2) is 12.9. The minimum atomic E-state index is -0.902. The van der Waals surface area contributed by atoms with Gasteiger partial charge < -0.3 is 24.6 Å². The van der Waals surface area contributed by atoms with Gasteiger partial charge in [-0.3, -0.25) is 14.4 Å². The van der Waals surface area contributed by atoms with Crippen LogP contribution in [0.2, 0.25) is 0 Å². The van der Waals surface area contributed by atoms with Gasteiger partial charge >= 0.3 is 11.9 Å². The maximum Gasteiger partial charge on any atom is 0.315 e. The maximum atomic E-state index is 13.1. The molecule has 4 aliphatic carbocycles. The van der Waals surface area contributed by atoms with Crippen LogP contribution < -0.4 is 5.32 Å². The summed E-state index contributed by atoms with van der Waals surface area (Å²) in [4.78, 5) is 38.6. The van der Waals surface area contributed by atoms with Gasteiger partial charge in [0.15, 0.2) is 0 Å². The summed E-state index contributed by atoms with van der Waals surface area (Å²) < 4.78 is 19.3. The molecule has 0 radical (unpaired) electrons. The van der Waals surface area contributed by atoms with E-state index in [0.29, 0.717) is 18.4 Å². The predicted octanol–water partition coefficient (Wildman–Crippen LogP) is 7.54. The van der Waals surface area contributed by atoms with Crippen molar-refractivity contribution in [3.63, 3.8) is 0 Å². The Balaban J connectivity index is 1.20. The fraction of sp³-hybridized carbons (Fsp3) is 0.786.